The largest absolute Gasteiger partial charge is 0.508 e. The fourth-order valence-electron chi connectivity index (χ4n) is 1.57. The van der Waals surface area contributed by atoms with Gasteiger partial charge >= 0.3 is 5.97 Å². The van der Waals surface area contributed by atoms with Crippen molar-refractivity contribution in [3.05, 3.63) is 23.8 Å². The van der Waals surface area contributed by atoms with Crippen molar-refractivity contribution in [1.29, 1.82) is 0 Å². The molecule has 0 aliphatic heterocycles. The van der Waals surface area contributed by atoms with E-state index in [1.54, 1.807) is 12.1 Å². The number of hydrogen-bond donors (Lipinski definition) is 1. The van der Waals surface area contributed by atoms with Crippen molar-refractivity contribution in [1.82, 2.24) is 0 Å². The van der Waals surface area contributed by atoms with E-state index >= 15 is 0 Å². The van der Waals surface area contributed by atoms with Crippen molar-refractivity contribution < 1.29 is 14.6 Å². The minimum absolute atomic E-state index is 0.180. The Kier molecular flexibility index (Phi) is 4.16. The van der Waals surface area contributed by atoms with Gasteiger partial charge in [0.1, 0.15) is 11.5 Å². The monoisotopic (exact) mass is 236 g/mol. The fraction of sp³-hybridized carbons (Fsp3) is 0.500. The van der Waals surface area contributed by atoms with Gasteiger partial charge in [-0.2, -0.15) is 0 Å². The molecular weight excluding hydrogens is 216 g/mol. The Morgan fingerprint density at radius 1 is 1.35 bits per heavy atom. The second-order valence-electron chi connectivity index (χ2n) is 5.15. The highest BCUT2D eigenvalue weighted by Gasteiger charge is 2.21. The highest BCUT2D eigenvalue weighted by Crippen LogP contribution is 2.34. The van der Waals surface area contributed by atoms with Crippen LogP contribution in [0.1, 0.15) is 46.1 Å². The second kappa shape index (κ2) is 5.21. The highest BCUT2D eigenvalue weighted by molar-refractivity contribution is 5.73. The number of carbonyl (C=O) groups excluding carboxylic acids is 1. The molecule has 0 radical (unpaired) electrons. The Morgan fingerprint density at radius 3 is 2.53 bits per heavy atom. The summed E-state index contributed by atoms with van der Waals surface area (Å²) in [5.74, 6) is 0.489. The van der Waals surface area contributed by atoms with Gasteiger partial charge in [0.05, 0.1) is 0 Å². The van der Waals surface area contributed by atoms with Gasteiger partial charge in [0.15, 0.2) is 0 Å². The SMILES string of the molecule is CCCC(=O)Oc1ccc(O)cc1C(C)(C)C. The second-order valence-corrected chi connectivity index (χ2v) is 5.15. The van der Waals surface area contributed by atoms with Crippen LogP contribution < -0.4 is 4.74 Å². The number of phenols is 1. The molecule has 0 fully saturated rings. The van der Waals surface area contributed by atoms with Gasteiger partial charge in [0.25, 0.3) is 0 Å². The van der Waals surface area contributed by atoms with E-state index in [2.05, 4.69) is 0 Å². The fourth-order valence-corrected chi connectivity index (χ4v) is 1.57. The van der Waals surface area contributed by atoms with Crippen LogP contribution in [0.4, 0.5) is 0 Å². The smallest absolute Gasteiger partial charge is 0.311 e. The zero-order chi connectivity index (χ0) is 13.1. The van der Waals surface area contributed by atoms with Gasteiger partial charge in [-0.15, -0.1) is 0 Å². The van der Waals surface area contributed by atoms with Gasteiger partial charge < -0.3 is 9.84 Å². The van der Waals surface area contributed by atoms with Crippen LogP contribution in [0.2, 0.25) is 0 Å². The molecular formula is C14H20O3. The molecule has 0 aliphatic carbocycles. The van der Waals surface area contributed by atoms with Crippen molar-refractivity contribution in [2.75, 3.05) is 0 Å². The minimum atomic E-state index is -0.233. The lowest BCUT2D eigenvalue weighted by atomic mass is 9.86. The first-order chi connectivity index (χ1) is 7.84. The molecule has 0 bridgehead atoms. The third-order valence-electron chi connectivity index (χ3n) is 2.45. The average Bonchev–Trinajstić information content (AvgIpc) is 2.19. The first kappa shape index (κ1) is 13.6. The normalized spacial score (nSPS) is 11.3. The molecule has 0 atom stereocenters. The highest BCUT2D eigenvalue weighted by atomic mass is 16.5. The van der Waals surface area contributed by atoms with E-state index in [9.17, 15) is 9.90 Å². The van der Waals surface area contributed by atoms with E-state index in [0.717, 1.165) is 12.0 Å². The summed E-state index contributed by atoms with van der Waals surface area (Å²) in [6, 6.07) is 4.82. The van der Waals surface area contributed by atoms with Crippen molar-refractivity contribution in [2.24, 2.45) is 0 Å². The molecule has 94 valence electrons. The minimum Gasteiger partial charge on any atom is -0.508 e. The lowest BCUT2D eigenvalue weighted by molar-refractivity contribution is -0.134. The number of phenolic OH excluding ortho intramolecular Hbond substituents is 1. The van der Waals surface area contributed by atoms with Crippen molar-refractivity contribution in [3.8, 4) is 11.5 Å². The number of carbonyl (C=O) groups is 1. The van der Waals surface area contributed by atoms with Crippen LogP contribution >= 0.6 is 0 Å². The molecule has 1 N–H and O–H groups in total. The number of aromatic hydroxyl groups is 1. The topological polar surface area (TPSA) is 46.5 Å². The summed E-state index contributed by atoms with van der Waals surface area (Å²) in [5, 5.41) is 9.50. The molecule has 3 heteroatoms. The zero-order valence-corrected chi connectivity index (χ0v) is 10.9. The quantitative estimate of drug-likeness (QED) is 0.646. The molecule has 0 spiro atoms. The van der Waals surface area contributed by atoms with E-state index < -0.39 is 0 Å². The maximum atomic E-state index is 11.5. The molecule has 0 saturated carbocycles. The van der Waals surface area contributed by atoms with Crippen LogP contribution in [0.15, 0.2) is 18.2 Å². The van der Waals surface area contributed by atoms with Crippen LogP contribution in [0, 0.1) is 0 Å². The van der Waals surface area contributed by atoms with Crippen molar-refractivity contribution in [2.45, 2.75) is 46.0 Å². The Hall–Kier alpha value is -1.51. The van der Waals surface area contributed by atoms with E-state index in [1.165, 1.54) is 6.07 Å². The molecule has 1 aromatic rings. The Balaban J connectivity index is 3.03. The Bertz CT molecular complexity index is 402. The first-order valence-corrected chi connectivity index (χ1v) is 5.88. The summed E-state index contributed by atoms with van der Waals surface area (Å²) in [5.41, 5.74) is 0.655. The maximum absolute atomic E-state index is 11.5. The van der Waals surface area contributed by atoms with Gasteiger partial charge in [-0.25, -0.2) is 0 Å². The van der Waals surface area contributed by atoms with E-state index in [-0.39, 0.29) is 17.1 Å². The van der Waals surface area contributed by atoms with Crippen LogP contribution in [0.3, 0.4) is 0 Å². The summed E-state index contributed by atoms with van der Waals surface area (Å²) in [6.07, 6.45) is 1.17. The predicted octanol–water partition coefficient (Wildman–Crippen LogP) is 3.40. The number of rotatable bonds is 3. The maximum Gasteiger partial charge on any atom is 0.311 e. The average molecular weight is 236 g/mol. The van der Waals surface area contributed by atoms with Crippen molar-refractivity contribution >= 4 is 5.97 Å². The first-order valence-electron chi connectivity index (χ1n) is 5.88. The van der Waals surface area contributed by atoms with Gasteiger partial charge in [-0.05, 0) is 30.0 Å². The molecule has 0 saturated heterocycles. The standard InChI is InChI=1S/C14H20O3/c1-5-6-13(16)17-12-8-7-10(15)9-11(12)14(2,3)4/h7-9,15H,5-6H2,1-4H3. The van der Waals surface area contributed by atoms with Crippen LogP contribution in [-0.4, -0.2) is 11.1 Å². The molecule has 0 amide bonds. The van der Waals surface area contributed by atoms with Crippen LogP contribution in [0.5, 0.6) is 11.5 Å². The molecule has 1 rings (SSSR count). The summed E-state index contributed by atoms with van der Waals surface area (Å²) in [4.78, 5) is 11.5. The molecule has 0 aliphatic rings. The molecule has 17 heavy (non-hydrogen) atoms. The Morgan fingerprint density at radius 2 is 2.00 bits per heavy atom. The summed E-state index contributed by atoms with van der Waals surface area (Å²) < 4.78 is 5.32. The van der Waals surface area contributed by atoms with Crippen LogP contribution in [-0.2, 0) is 10.2 Å². The number of ether oxygens (including phenoxy) is 1. The number of esters is 1. The molecule has 0 aromatic heterocycles. The number of benzene rings is 1. The zero-order valence-electron chi connectivity index (χ0n) is 10.9. The third-order valence-corrected chi connectivity index (χ3v) is 2.45. The van der Waals surface area contributed by atoms with Crippen molar-refractivity contribution in [3.63, 3.8) is 0 Å². The van der Waals surface area contributed by atoms with Crippen LogP contribution in [0.25, 0.3) is 0 Å². The third kappa shape index (κ3) is 3.77. The van der Waals surface area contributed by atoms with Gasteiger partial charge in [-0.1, -0.05) is 27.7 Å². The molecule has 3 nitrogen and oxygen atoms in total. The molecule has 0 heterocycles. The summed E-state index contributed by atoms with van der Waals surface area (Å²) >= 11 is 0. The van der Waals surface area contributed by atoms with Gasteiger partial charge in [0.2, 0.25) is 0 Å². The van der Waals surface area contributed by atoms with E-state index in [1.807, 2.05) is 27.7 Å². The van der Waals surface area contributed by atoms with E-state index in [0.29, 0.717) is 12.2 Å². The van der Waals surface area contributed by atoms with Gasteiger partial charge in [-0.3, -0.25) is 4.79 Å². The van der Waals surface area contributed by atoms with E-state index in [4.69, 9.17) is 4.74 Å². The lowest BCUT2D eigenvalue weighted by Crippen LogP contribution is -2.16. The Labute approximate surface area is 102 Å². The summed E-state index contributed by atoms with van der Waals surface area (Å²) in [7, 11) is 0. The molecule has 0 unspecified atom stereocenters. The summed E-state index contributed by atoms with van der Waals surface area (Å²) in [6.45, 7) is 7.97. The molecule has 1 aromatic carbocycles. The predicted molar refractivity (Wildman–Crippen MR) is 67.3 cm³/mol. The lowest BCUT2D eigenvalue weighted by Gasteiger charge is -2.22. The number of hydrogen-bond acceptors (Lipinski definition) is 3. The van der Waals surface area contributed by atoms with Gasteiger partial charge in [0, 0.05) is 12.0 Å².